The average Bonchev–Trinajstić information content (AvgIpc) is 2.41. The van der Waals surface area contributed by atoms with Gasteiger partial charge in [-0.1, -0.05) is 19.9 Å². The standard InChI is InChI=1S/C11H18Cl2O/c1-5-10(4,14)7-6-8-9(2,3)11(8,12)13/h5,8,14H,1,6-7H2,2-4H3. The summed E-state index contributed by atoms with van der Waals surface area (Å²) in [5, 5.41) is 9.74. The number of rotatable bonds is 4. The maximum atomic E-state index is 9.74. The lowest BCUT2D eigenvalue weighted by atomic mass is 9.96. The van der Waals surface area contributed by atoms with E-state index in [2.05, 4.69) is 20.4 Å². The molecule has 0 aromatic carbocycles. The minimum Gasteiger partial charge on any atom is -0.386 e. The quantitative estimate of drug-likeness (QED) is 0.585. The second kappa shape index (κ2) is 3.40. The first-order chi connectivity index (χ1) is 6.15. The molecule has 0 spiro atoms. The van der Waals surface area contributed by atoms with Gasteiger partial charge in [0.1, 0.15) is 4.33 Å². The summed E-state index contributed by atoms with van der Waals surface area (Å²) in [5.74, 6) is 0.268. The van der Waals surface area contributed by atoms with Crippen molar-refractivity contribution in [2.24, 2.45) is 11.3 Å². The fourth-order valence-corrected chi connectivity index (χ4v) is 2.76. The second-order valence-electron chi connectivity index (χ2n) is 5.00. The fraction of sp³-hybridized carbons (Fsp3) is 0.818. The topological polar surface area (TPSA) is 20.2 Å². The first kappa shape index (κ1) is 12.4. The van der Waals surface area contributed by atoms with Crippen molar-refractivity contribution in [2.45, 2.75) is 43.5 Å². The zero-order chi connectivity index (χ0) is 11.2. The minimum atomic E-state index is -0.803. The predicted molar refractivity (Wildman–Crippen MR) is 61.8 cm³/mol. The molecule has 0 aromatic heterocycles. The van der Waals surface area contributed by atoms with Crippen LogP contribution in [-0.2, 0) is 0 Å². The van der Waals surface area contributed by atoms with E-state index >= 15 is 0 Å². The highest BCUT2D eigenvalue weighted by Crippen LogP contribution is 2.70. The Balaban J connectivity index is 2.47. The van der Waals surface area contributed by atoms with Crippen LogP contribution in [0.2, 0.25) is 0 Å². The number of aliphatic hydroxyl groups is 1. The molecule has 0 bridgehead atoms. The van der Waals surface area contributed by atoms with E-state index in [1.54, 1.807) is 13.0 Å². The third kappa shape index (κ3) is 1.95. The molecule has 3 heteroatoms. The van der Waals surface area contributed by atoms with Crippen LogP contribution in [0.15, 0.2) is 12.7 Å². The lowest BCUT2D eigenvalue weighted by molar-refractivity contribution is 0.0967. The van der Waals surface area contributed by atoms with Gasteiger partial charge in [0, 0.05) is 11.3 Å². The van der Waals surface area contributed by atoms with Crippen molar-refractivity contribution in [1.29, 1.82) is 0 Å². The molecule has 1 N–H and O–H groups in total. The summed E-state index contributed by atoms with van der Waals surface area (Å²) < 4.78 is -0.621. The Morgan fingerprint density at radius 2 is 1.93 bits per heavy atom. The van der Waals surface area contributed by atoms with Gasteiger partial charge in [-0.25, -0.2) is 0 Å². The van der Waals surface area contributed by atoms with Crippen LogP contribution < -0.4 is 0 Å². The first-order valence-electron chi connectivity index (χ1n) is 4.89. The van der Waals surface area contributed by atoms with E-state index in [-0.39, 0.29) is 11.3 Å². The van der Waals surface area contributed by atoms with Crippen LogP contribution in [0.5, 0.6) is 0 Å². The van der Waals surface area contributed by atoms with Gasteiger partial charge < -0.3 is 5.11 Å². The predicted octanol–water partition coefficient (Wildman–Crippen LogP) is 3.53. The molecule has 1 saturated carbocycles. The Labute approximate surface area is 96.1 Å². The van der Waals surface area contributed by atoms with Crippen LogP contribution in [0, 0.1) is 11.3 Å². The largest absolute Gasteiger partial charge is 0.386 e. The van der Waals surface area contributed by atoms with Gasteiger partial charge in [0.25, 0.3) is 0 Å². The summed E-state index contributed by atoms with van der Waals surface area (Å²) in [5.41, 5.74) is -0.837. The van der Waals surface area contributed by atoms with Crippen molar-refractivity contribution < 1.29 is 5.11 Å². The van der Waals surface area contributed by atoms with Crippen molar-refractivity contribution in [3.05, 3.63) is 12.7 Å². The van der Waals surface area contributed by atoms with Crippen molar-refractivity contribution in [3.8, 4) is 0 Å². The first-order valence-corrected chi connectivity index (χ1v) is 5.64. The zero-order valence-corrected chi connectivity index (χ0v) is 10.5. The molecular weight excluding hydrogens is 219 g/mol. The van der Waals surface area contributed by atoms with Crippen molar-refractivity contribution >= 4 is 23.2 Å². The lowest BCUT2D eigenvalue weighted by Crippen LogP contribution is -2.20. The summed E-state index contributed by atoms with van der Waals surface area (Å²) in [6.07, 6.45) is 3.05. The Bertz CT molecular complexity index is 230. The third-order valence-electron chi connectivity index (χ3n) is 3.46. The van der Waals surface area contributed by atoms with Gasteiger partial charge in [0.15, 0.2) is 0 Å². The molecule has 0 amide bonds. The molecule has 0 radical (unpaired) electrons. The highest BCUT2D eigenvalue weighted by molar-refractivity contribution is 6.51. The Kier molecular flexibility index (Phi) is 3.00. The smallest absolute Gasteiger partial charge is 0.127 e. The third-order valence-corrected chi connectivity index (χ3v) is 4.96. The molecule has 0 saturated heterocycles. The van der Waals surface area contributed by atoms with Crippen LogP contribution in [0.3, 0.4) is 0 Å². The molecule has 2 unspecified atom stereocenters. The van der Waals surface area contributed by atoms with E-state index in [1.807, 2.05) is 0 Å². The summed E-state index contributed by atoms with van der Waals surface area (Å²) in [4.78, 5) is 0. The van der Waals surface area contributed by atoms with Gasteiger partial charge in [0.05, 0.1) is 5.60 Å². The average molecular weight is 237 g/mol. The monoisotopic (exact) mass is 236 g/mol. The molecule has 2 atom stereocenters. The number of hydrogen-bond donors (Lipinski definition) is 1. The molecule has 0 heterocycles. The van der Waals surface area contributed by atoms with Gasteiger partial charge in [-0.15, -0.1) is 29.8 Å². The minimum absolute atomic E-state index is 0.0344. The van der Waals surface area contributed by atoms with Crippen molar-refractivity contribution in [3.63, 3.8) is 0 Å². The molecule has 1 aliphatic carbocycles. The van der Waals surface area contributed by atoms with E-state index < -0.39 is 9.93 Å². The molecule has 0 aliphatic heterocycles. The number of alkyl halides is 2. The summed E-state index contributed by atoms with van der Waals surface area (Å²) in [7, 11) is 0. The van der Waals surface area contributed by atoms with E-state index in [9.17, 15) is 5.11 Å². The summed E-state index contributed by atoms with van der Waals surface area (Å²) >= 11 is 12.3. The summed E-state index contributed by atoms with van der Waals surface area (Å²) in [6.45, 7) is 9.45. The van der Waals surface area contributed by atoms with Gasteiger partial charge in [0.2, 0.25) is 0 Å². The van der Waals surface area contributed by atoms with E-state index in [0.717, 1.165) is 6.42 Å². The Morgan fingerprint density at radius 1 is 1.50 bits per heavy atom. The van der Waals surface area contributed by atoms with Crippen LogP contribution in [0.1, 0.15) is 33.6 Å². The lowest BCUT2D eigenvalue weighted by Gasteiger charge is -2.18. The SMILES string of the molecule is C=CC(C)(O)CCC1C(C)(C)C1(Cl)Cl. The van der Waals surface area contributed by atoms with Crippen LogP contribution in [0.4, 0.5) is 0 Å². The molecule has 0 aromatic rings. The Morgan fingerprint density at radius 3 is 2.21 bits per heavy atom. The molecule has 1 rings (SSSR count). The van der Waals surface area contributed by atoms with Crippen molar-refractivity contribution in [2.75, 3.05) is 0 Å². The van der Waals surface area contributed by atoms with Crippen molar-refractivity contribution in [1.82, 2.24) is 0 Å². The highest BCUT2D eigenvalue weighted by atomic mass is 35.5. The maximum absolute atomic E-state index is 9.74. The van der Waals surface area contributed by atoms with E-state index in [0.29, 0.717) is 6.42 Å². The normalized spacial score (nSPS) is 32.0. The van der Waals surface area contributed by atoms with Crippen LogP contribution in [0.25, 0.3) is 0 Å². The van der Waals surface area contributed by atoms with Gasteiger partial charge in [-0.2, -0.15) is 0 Å². The molecule has 14 heavy (non-hydrogen) atoms. The van der Waals surface area contributed by atoms with Gasteiger partial charge in [-0.05, 0) is 19.8 Å². The molecule has 1 nitrogen and oxygen atoms in total. The Hall–Kier alpha value is 0.280. The highest BCUT2D eigenvalue weighted by Gasteiger charge is 2.69. The molecule has 1 aliphatic rings. The maximum Gasteiger partial charge on any atom is 0.127 e. The van der Waals surface area contributed by atoms with Gasteiger partial charge in [-0.3, -0.25) is 0 Å². The zero-order valence-electron chi connectivity index (χ0n) is 8.98. The van der Waals surface area contributed by atoms with Crippen LogP contribution in [-0.4, -0.2) is 15.0 Å². The fourth-order valence-electron chi connectivity index (χ4n) is 1.84. The van der Waals surface area contributed by atoms with E-state index in [1.165, 1.54) is 0 Å². The number of hydrogen-bond acceptors (Lipinski definition) is 1. The van der Waals surface area contributed by atoms with Gasteiger partial charge >= 0.3 is 0 Å². The van der Waals surface area contributed by atoms with Crippen LogP contribution >= 0.6 is 23.2 Å². The summed E-state index contributed by atoms with van der Waals surface area (Å²) in [6, 6.07) is 0. The van der Waals surface area contributed by atoms with E-state index in [4.69, 9.17) is 23.2 Å². The molecule has 1 fully saturated rings. The molecular formula is C11H18Cl2O. The molecule has 82 valence electrons. The number of halogens is 2. The second-order valence-corrected chi connectivity index (χ2v) is 6.38.